The Hall–Kier alpha value is -1.64. The zero-order valence-corrected chi connectivity index (χ0v) is 9.43. The van der Waals surface area contributed by atoms with Gasteiger partial charge in [0, 0.05) is 13.0 Å². The van der Waals surface area contributed by atoms with E-state index in [0.717, 1.165) is 18.7 Å². The molecule has 0 spiro atoms. The SMILES string of the molecule is Cn1cnnc1C1CCc2ccccc2C1. The van der Waals surface area contributed by atoms with Crippen molar-refractivity contribution < 1.29 is 0 Å². The third kappa shape index (κ3) is 1.52. The Labute approximate surface area is 95.1 Å². The van der Waals surface area contributed by atoms with Crippen LogP contribution < -0.4 is 0 Å². The predicted octanol–water partition coefficient (Wildman–Crippen LogP) is 2.09. The van der Waals surface area contributed by atoms with E-state index in [-0.39, 0.29) is 0 Å². The minimum Gasteiger partial charge on any atom is -0.320 e. The van der Waals surface area contributed by atoms with Crippen LogP contribution in [0.1, 0.15) is 29.3 Å². The largest absolute Gasteiger partial charge is 0.320 e. The zero-order valence-electron chi connectivity index (χ0n) is 9.43. The molecule has 0 aliphatic heterocycles. The molecule has 0 amide bonds. The molecule has 0 saturated carbocycles. The van der Waals surface area contributed by atoms with E-state index in [1.165, 1.54) is 17.5 Å². The highest BCUT2D eigenvalue weighted by Gasteiger charge is 2.22. The van der Waals surface area contributed by atoms with Crippen LogP contribution in [0.15, 0.2) is 30.6 Å². The lowest BCUT2D eigenvalue weighted by Gasteiger charge is -2.23. The molecule has 1 aliphatic carbocycles. The van der Waals surface area contributed by atoms with Crippen LogP contribution in [-0.4, -0.2) is 14.8 Å². The molecule has 1 unspecified atom stereocenters. The molecular weight excluding hydrogens is 198 g/mol. The molecule has 3 heteroatoms. The molecule has 0 N–H and O–H groups in total. The van der Waals surface area contributed by atoms with Crippen molar-refractivity contribution >= 4 is 0 Å². The van der Waals surface area contributed by atoms with Crippen molar-refractivity contribution in [2.45, 2.75) is 25.2 Å². The first-order chi connectivity index (χ1) is 7.84. The van der Waals surface area contributed by atoms with Gasteiger partial charge in [0.1, 0.15) is 12.2 Å². The fourth-order valence-corrected chi connectivity index (χ4v) is 2.58. The van der Waals surface area contributed by atoms with Crippen LogP contribution in [0.3, 0.4) is 0 Å². The Morgan fingerprint density at radius 3 is 2.81 bits per heavy atom. The molecule has 0 saturated heterocycles. The summed E-state index contributed by atoms with van der Waals surface area (Å²) in [6, 6.07) is 8.72. The van der Waals surface area contributed by atoms with Crippen LogP contribution in [0, 0.1) is 0 Å². The van der Waals surface area contributed by atoms with Crippen molar-refractivity contribution in [1.29, 1.82) is 0 Å². The van der Waals surface area contributed by atoms with Gasteiger partial charge in [0.05, 0.1) is 0 Å². The molecular formula is C13H15N3. The van der Waals surface area contributed by atoms with Crippen molar-refractivity contribution in [2.24, 2.45) is 7.05 Å². The summed E-state index contributed by atoms with van der Waals surface area (Å²) in [5.74, 6) is 1.65. The number of hydrogen-bond acceptors (Lipinski definition) is 2. The molecule has 3 rings (SSSR count). The van der Waals surface area contributed by atoms with Crippen LogP contribution in [-0.2, 0) is 19.9 Å². The van der Waals surface area contributed by atoms with Gasteiger partial charge in [-0.05, 0) is 30.4 Å². The predicted molar refractivity (Wildman–Crippen MR) is 62.2 cm³/mol. The average Bonchev–Trinajstić information content (AvgIpc) is 2.75. The lowest BCUT2D eigenvalue weighted by molar-refractivity contribution is 0.536. The normalized spacial score (nSPS) is 19.4. The van der Waals surface area contributed by atoms with Gasteiger partial charge in [-0.1, -0.05) is 24.3 Å². The molecule has 1 heterocycles. The third-order valence-corrected chi connectivity index (χ3v) is 3.46. The smallest absolute Gasteiger partial charge is 0.135 e. The Bertz CT molecular complexity index is 501. The number of rotatable bonds is 1. The Morgan fingerprint density at radius 1 is 1.25 bits per heavy atom. The Morgan fingerprint density at radius 2 is 2.06 bits per heavy atom. The number of benzene rings is 1. The van der Waals surface area contributed by atoms with E-state index in [1.807, 2.05) is 11.6 Å². The minimum absolute atomic E-state index is 0.530. The van der Waals surface area contributed by atoms with E-state index in [0.29, 0.717) is 5.92 Å². The van der Waals surface area contributed by atoms with Gasteiger partial charge < -0.3 is 4.57 Å². The molecule has 82 valence electrons. The topological polar surface area (TPSA) is 30.7 Å². The maximum Gasteiger partial charge on any atom is 0.135 e. The molecule has 1 aliphatic rings. The molecule has 16 heavy (non-hydrogen) atoms. The van der Waals surface area contributed by atoms with Crippen molar-refractivity contribution in [2.75, 3.05) is 0 Å². The molecule has 1 aromatic heterocycles. The number of aryl methyl sites for hydroxylation is 2. The average molecular weight is 213 g/mol. The van der Waals surface area contributed by atoms with Crippen LogP contribution in [0.4, 0.5) is 0 Å². The summed E-state index contributed by atoms with van der Waals surface area (Å²) in [5.41, 5.74) is 2.97. The Kier molecular flexibility index (Phi) is 2.24. The van der Waals surface area contributed by atoms with Gasteiger partial charge in [-0.15, -0.1) is 10.2 Å². The quantitative estimate of drug-likeness (QED) is 0.726. The first kappa shape index (κ1) is 9.58. The van der Waals surface area contributed by atoms with E-state index in [9.17, 15) is 0 Å². The zero-order chi connectivity index (χ0) is 11.0. The molecule has 0 bridgehead atoms. The number of fused-ring (bicyclic) bond motifs is 1. The van der Waals surface area contributed by atoms with Crippen molar-refractivity contribution in [3.63, 3.8) is 0 Å². The fourth-order valence-electron chi connectivity index (χ4n) is 2.58. The summed E-state index contributed by atoms with van der Waals surface area (Å²) < 4.78 is 2.04. The molecule has 2 aromatic rings. The molecule has 3 nitrogen and oxygen atoms in total. The van der Waals surface area contributed by atoms with E-state index >= 15 is 0 Å². The van der Waals surface area contributed by atoms with E-state index in [1.54, 1.807) is 6.33 Å². The van der Waals surface area contributed by atoms with Crippen molar-refractivity contribution in [3.8, 4) is 0 Å². The van der Waals surface area contributed by atoms with Gasteiger partial charge >= 0.3 is 0 Å². The van der Waals surface area contributed by atoms with Gasteiger partial charge in [0.25, 0.3) is 0 Å². The van der Waals surface area contributed by atoms with Gasteiger partial charge in [0.2, 0.25) is 0 Å². The van der Waals surface area contributed by atoms with Gasteiger partial charge in [0.15, 0.2) is 0 Å². The second-order valence-corrected chi connectivity index (χ2v) is 4.51. The van der Waals surface area contributed by atoms with Crippen LogP contribution in [0.2, 0.25) is 0 Å². The van der Waals surface area contributed by atoms with Crippen molar-refractivity contribution in [3.05, 3.63) is 47.5 Å². The monoisotopic (exact) mass is 213 g/mol. The van der Waals surface area contributed by atoms with E-state index in [2.05, 4.69) is 34.5 Å². The molecule has 0 radical (unpaired) electrons. The third-order valence-electron chi connectivity index (χ3n) is 3.46. The molecule has 0 fully saturated rings. The summed E-state index contributed by atoms with van der Waals surface area (Å²) in [6.07, 6.45) is 5.23. The van der Waals surface area contributed by atoms with Crippen LogP contribution >= 0.6 is 0 Å². The maximum atomic E-state index is 4.23. The number of aromatic nitrogens is 3. The summed E-state index contributed by atoms with van der Waals surface area (Å²) in [5, 5.41) is 8.19. The maximum absolute atomic E-state index is 4.23. The highest BCUT2D eigenvalue weighted by molar-refractivity contribution is 5.31. The second kappa shape index (κ2) is 3.74. The van der Waals surface area contributed by atoms with Gasteiger partial charge in [-0.3, -0.25) is 0 Å². The van der Waals surface area contributed by atoms with Crippen molar-refractivity contribution in [1.82, 2.24) is 14.8 Å². The summed E-state index contributed by atoms with van der Waals surface area (Å²) in [6.45, 7) is 0. The highest BCUT2D eigenvalue weighted by Crippen LogP contribution is 2.31. The lowest BCUT2D eigenvalue weighted by Crippen LogP contribution is -2.16. The van der Waals surface area contributed by atoms with Crippen LogP contribution in [0.5, 0.6) is 0 Å². The first-order valence-corrected chi connectivity index (χ1v) is 5.75. The van der Waals surface area contributed by atoms with E-state index < -0.39 is 0 Å². The second-order valence-electron chi connectivity index (χ2n) is 4.51. The summed E-state index contributed by atoms with van der Waals surface area (Å²) in [4.78, 5) is 0. The van der Waals surface area contributed by atoms with E-state index in [4.69, 9.17) is 0 Å². The lowest BCUT2D eigenvalue weighted by atomic mass is 9.83. The summed E-state index contributed by atoms with van der Waals surface area (Å²) in [7, 11) is 2.02. The van der Waals surface area contributed by atoms with Gasteiger partial charge in [-0.25, -0.2) is 0 Å². The highest BCUT2D eigenvalue weighted by atomic mass is 15.2. The minimum atomic E-state index is 0.530. The standard InChI is InChI=1S/C13H15N3/c1-16-9-14-15-13(16)12-7-6-10-4-2-3-5-11(10)8-12/h2-5,9,12H,6-8H2,1H3. The number of hydrogen-bond donors (Lipinski definition) is 0. The molecule has 1 aromatic carbocycles. The number of nitrogens with zero attached hydrogens (tertiary/aromatic N) is 3. The Balaban J connectivity index is 1.91. The van der Waals surface area contributed by atoms with Gasteiger partial charge in [-0.2, -0.15) is 0 Å². The summed E-state index contributed by atoms with van der Waals surface area (Å²) >= 11 is 0. The first-order valence-electron chi connectivity index (χ1n) is 5.75. The molecule has 1 atom stereocenters. The van der Waals surface area contributed by atoms with Crippen LogP contribution in [0.25, 0.3) is 0 Å². The fraction of sp³-hybridized carbons (Fsp3) is 0.385.